The van der Waals surface area contributed by atoms with Gasteiger partial charge in [0.2, 0.25) is 5.89 Å². The number of nitrogens with one attached hydrogen (secondary N) is 1. The highest BCUT2D eigenvalue weighted by molar-refractivity contribution is 5.89. The van der Waals surface area contributed by atoms with Gasteiger partial charge in [-0.2, -0.15) is 0 Å². The summed E-state index contributed by atoms with van der Waals surface area (Å²) in [6.07, 6.45) is 0.509. The number of carbonyl (C=O) groups excluding carboxylic acids is 1. The molecule has 0 aliphatic carbocycles. The van der Waals surface area contributed by atoms with E-state index in [1.54, 1.807) is 0 Å². The molecule has 1 amide bonds. The number of rotatable bonds is 5. The van der Waals surface area contributed by atoms with E-state index in [0.717, 1.165) is 11.1 Å². The standard InChI is InChI=1S/C18H17N3O2/c1-13(15-10-6-3-7-11-15)19-17(22)18-21-20-16(23-18)12-14-8-4-2-5-9-14/h2-11,13H,12H2,1H3,(H,19,22). The smallest absolute Gasteiger partial charge is 0.309 e. The Morgan fingerprint density at radius 2 is 1.70 bits per heavy atom. The normalized spacial score (nSPS) is 11.9. The van der Waals surface area contributed by atoms with Crippen LogP contribution in [0.2, 0.25) is 0 Å². The van der Waals surface area contributed by atoms with Gasteiger partial charge in [-0.15, -0.1) is 10.2 Å². The monoisotopic (exact) mass is 307 g/mol. The lowest BCUT2D eigenvalue weighted by Crippen LogP contribution is -2.26. The van der Waals surface area contributed by atoms with Gasteiger partial charge < -0.3 is 9.73 Å². The van der Waals surface area contributed by atoms with E-state index in [4.69, 9.17) is 4.42 Å². The number of aromatic nitrogens is 2. The first-order valence-electron chi connectivity index (χ1n) is 7.44. The molecule has 5 nitrogen and oxygen atoms in total. The van der Waals surface area contributed by atoms with Crippen LogP contribution in [0.1, 0.15) is 40.7 Å². The molecule has 23 heavy (non-hydrogen) atoms. The number of carbonyl (C=O) groups is 1. The molecule has 0 aliphatic heterocycles. The molecule has 116 valence electrons. The largest absolute Gasteiger partial charge is 0.417 e. The summed E-state index contributed by atoms with van der Waals surface area (Å²) >= 11 is 0. The van der Waals surface area contributed by atoms with Crippen molar-refractivity contribution in [2.24, 2.45) is 0 Å². The first-order valence-corrected chi connectivity index (χ1v) is 7.44. The van der Waals surface area contributed by atoms with Crippen molar-refractivity contribution in [1.29, 1.82) is 0 Å². The van der Waals surface area contributed by atoms with Crippen LogP contribution >= 0.6 is 0 Å². The zero-order valence-electron chi connectivity index (χ0n) is 12.8. The fraction of sp³-hybridized carbons (Fsp3) is 0.167. The molecular weight excluding hydrogens is 290 g/mol. The molecular formula is C18H17N3O2. The molecule has 0 fully saturated rings. The quantitative estimate of drug-likeness (QED) is 0.786. The maximum Gasteiger partial charge on any atom is 0.309 e. The van der Waals surface area contributed by atoms with E-state index in [1.165, 1.54) is 0 Å². The topological polar surface area (TPSA) is 68.0 Å². The fourth-order valence-corrected chi connectivity index (χ4v) is 2.27. The molecule has 0 aliphatic rings. The molecule has 1 heterocycles. The average Bonchev–Trinajstić information content (AvgIpc) is 3.05. The van der Waals surface area contributed by atoms with Gasteiger partial charge in [0.1, 0.15) is 0 Å². The van der Waals surface area contributed by atoms with E-state index < -0.39 is 0 Å². The minimum absolute atomic E-state index is 0.0151. The molecule has 0 bridgehead atoms. The molecule has 5 heteroatoms. The fourth-order valence-electron chi connectivity index (χ4n) is 2.27. The second-order valence-electron chi connectivity index (χ2n) is 5.27. The Morgan fingerprint density at radius 1 is 1.04 bits per heavy atom. The van der Waals surface area contributed by atoms with Gasteiger partial charge in [0, 0.05) is 0 Å². The van der Waals surface area contributed by atoms with Crippen molar-refractivity contribution in [2.75, 3.05) is 0 Å². The van der Waals surface area contributed by atoms with E-state index in [-0.39, 0.29) is 17.8 Å². The molecule has 1 atom stereocenters. The van der Waals surface area contributed by atoms with Crippen LogP contribution < -0.4 is 5.32 Å². The highest BCUT2D eigenvalue weighted by Crippen LogP contribution is 2.13. The van der Waals surface area contributed by atoms with E-state index in [0.29, 0.717) is 12.3 Å². The lowest BCUT2D eigenvalue weighted by atomic mass is 10.1. The summed E-state index contributed by atoms with van der Waals surface area (Å²) in [5, 5.41) is 10.6. The summed E-state index contributed by atoms with van der Waals surface area (Å²) in [5.41, 5.74) is 2.07. The van der Waals surface area contributed by atoms with Crippen LogP contribution in [0.3, 0.4) is 0 Å². The van der Waals surface area contributed by atoms with E-state index in [1.807, 2.05) is 67.6 Å². The van der Waals surface area contributed by atoms with E-state index in [9.17, 15) is 4.79 Å². The molecule has 1 aromatic heterocycles. The van der Waals surface area contributed by atoms with Crippen LogP contribution in [0.15, 0.2) is 65.1 Å². The Morgan fingerprint density at radius 3 is 2.39 bits per heavy atom. The van der Waals surface area contributed by atoms with Gasteiger partial charge in [-0.3, -0.25) is 4.79 Å². The molecule has 0 radical (unpaired) electrons. The minimum Gasteiger partial charge on any atom is -0.417 e. The molecule has 2 aromatic carbocycles. The summed E-state index contributed by atoms with van der Waals surface area (Å²) < 4.78 is 5.45. The number of nitrogens with zero attached hydrogens (tertiary/aromatic N) is 2. The minimum atomic E-state index is -0.367. The highest BCUT2D eigenvalue weighted by Gasteiger charge is 2.17. The molecule has 0 spiro atoms. The van der Waals surface area contributed by atoms with Gasteiger partial charge in [0.15, 0.2) is 0 Å². The third-order valence-corrected chi connectivity index (χ3v) is 3.51. The van der Waals surface area contributed by atoms with Gasteiger partial charge in [-0.25, -0.2) is 0 Å². The van der Waals surface area contributed by atoms with Crippen molar-refractivity contribution in [3.8, 4) is 0 Å². The van der Waals surface area contributed by atoms with Crippen LogP contribution in [-0.4, -0.2) is 16.1 Å². The van der Waals surface area contributed by atoms with Crippen molar-refractivity contribution in [3.63, 3.8) is 0 Å². The van der Waals surface area contributed by atoms with E-state index in [2.05, 4.69) is 15.5 Å². The molecule has 3 aromatic rings. The highest BCUT2D eigenvalue weighted by atomic mass is 16.4. The van der Waals surface area contributed by atoms with Crippen molar-refractivity contribution in [3.05, 3.63) is 83.6 Å². The second-order valence-corrected chi connectivity index (χ2v) is 5.27. The summed E-state index contributed by atoms with van der Waals surface area (Å²) in [6, 6.07) is 19.4. The van der Waals surface area contributed by atoms with Crippen LogP contribution in [0.5, 0.6) is 0 Å². The van der Waals surface area contributed by atoms with Crippen LogP contribution in [0.4, 0.5) is 0 Å². The Balaban J connectivity index is 1.64. The first kappa shape index (κ1) is 15.0. The molecule has 1 unspecified atom stereocenters. The number of amides is 1. The molecule has 3 rings (SSSR count). The lowest BCUT2D eigenvalue weighted by Gasteiger charge is -2.12. The average molecular weight is 307 g/mol. The first-order chi connectivity index (χ1) is 11.2. The zero-order chi connectivity index (χ0) is 16.1. The van der Waals surface area contributed by atoms with Crippen molar-refractivity contribution >= 4 is 5.91 Å². The summed E-state index contributed by atoms with van der Waals surface area (Å²) in [4.78, 5) is 12.2. The zero-order valence-corrected chi connectivity index (χ0v) is 12.8. The maximum atomic E-state index is 12.2. The molecule has 0 saturated heterocycles. The van der Waals surface area contributed by atoms with Gasteiger partial charge in [0.05, 0.1) is 12.5 Å². The Labute approximate surface area is 134 Å². The van der Waals surface area contributed by atoms with E-state index >= 15 is 0 Å². The van der Waals surface area contributed by atoms with Crippen LogP contribution in [-0.2, 0) is 6.42 Å². The third kappa shape index (κ3) is 3.83. The number of hydrogen-bond donors (Lipinski definition) is 1. The predicted molar refractivity (Wildman–Crippen MR) is 85.9 cm³/mol. The second kappa shape index (κ2) is 6.87. The maximum absolute atomic E-state index is 12.2. The molecule has 1 N–H and O–H groups in total. The third-order valence-electron chi connectivity index (χ3n) is 3.51. The van der Waals surface area contributed by atoms with Crippen LogP contribution in [0, 0.1) is 0 Å². The van der Waals surface area contributed by atoms with Crippen LogP contribution in [0.25, 0.3) is 0 Å². The summed E-state index contributed by atoms with van der Waals surface area (Å²) in [6.45, 7) is 1.91. The predicted octanol–water partition coefficient (Wildman–Crippen LogP) is 3.15. The SMILES string of the molecule is CC(NC(=O)c1nnc(Cc2ccccc2)o1)c1ccccc1. The van der Waals surface area contributed by atoms with Gasteiger partial charge in [-0.1, -0.05) is 60.7 Å². The van der Waals surface area contributed by atoms with Gasteiger partial charge >= 0.3 is 11.8 Å². The number of hydrogen-bond acceptors (Lipinski definition) is 4. The Hall–Kier alpha value is -2.95. The molecule has 0 saturated carbocycles. The Bertz CT molecular complexity index is 769. The lowest BCUT2D eigenvalue weighted by molar-refractivity contribution is 0.0903. The summed E-state index contributed by atoms with van der Waals surface area (Å²) in [5.74, 6) is 0.0422. The Kier molecular flexibility index (Phi) is 4.47. The van der Waals surface area contributed by atoms with Gasteiger partial charge in [-0.05, 0) is 18.1 Å². The van der Waals surface area contributed by atoms with Crippen molar-refractivity contribution in [1.82, 2.24) is 15.5 Å². The van der Waals surface area contributed by atoms with Gasteiger partial charge in [0.25, 0.3) is 0 Å². The van der Waals surface area contributed by atoms with Crippen molar-refractivity contribution in [2.45, 2.75) is 19.4 Å². The summed E-state index contributed by atoms with van der Waals surface area (Å²) in [7, 11) is 0. The van der Waals surface area contributed by atoms with Crippen molar-refractivity contribution < 1.29 is 9.21 Å². The number of benzene rings is 2.